The van der Waals surface area contributed by atoms with E-state index in [9.17, 15) is 0 Å². The van der Waals surface area contributed by atoms with Gasteiger partial charge in [0.15, 0.2) is 0 Å². The van der Waals surface area contributed by atoms with Crippen molar-refractivity contribution in [2.24, 2.45) is 17.8 Å². The van der Waals surface area contributed by atoms with Crippen LogP contribution in [0, 0.1) is 17.8 Å². The summed E-state index contributed by atoms with van der Waals surface area (Å²) in [4.78, 5) is 0. The van der Waals surface area contributed by atoms with Crippen LogP contribution >= 0.6 is 0 Å². The molecule has 0 saturated heterocycles. The molecule has 0 bridgehead atoms. The van der Waals surface area contributed by atoms with E-state index in [1.54, 1.807) is 0 Å². The van der Waals surface area contributed by atoms with Crippen LogP contribution in [0.2, 0.25) is 0 Å². The van der Waals surface area contributed by atoms with Gasteiger partial charge in [0.05, 0.1) is 6.61 Å². The summed E-state index contributed by atoms with van der Waals surface area (Å²) in [6.45, 7) is 7.62. The van der Waals surface area contributed by atoms with E-state index in [1.165, 1.54) is 38.5 Å². The van der Waals surface area contributed by atoms with Gasteiger partial charge >= 0.3 is 0 Å². The molecule has 0 aromatic rings. The van der Waals surface area contributed by atoms with E-state index in [1.807, 2.05) is 0 Å². The highest BCUT2D eigenvalue weighted by atomic mass is 16.5. The normalized spacial score (nSPS) is 23.5. The molecule has 0 aliphatic heterocycles. The molecule has 2 rings (SSSR count). The van der Waals surface area contributed by atoms with E-state index >= 15 is 0 Å². The lowest BCUT2D eigenvalue weighted by atomic mass is 9.91. The van der Waals surface area contributed by atoms with Crippen LogP contribution in [-0.4, -0.2) is 25.8 Å². The number of hydrogen-bond donors (Lipinski definition) is 1. The number of hydrogen-bond acceptors (Lipinski definition) is 2. The van der Waals surface area contributed by atoms with Crippen LogP contribution in [0.5, 0.6) is 0 Å². The summed E-state index contributed by atoms with van der Waals surface area (Å²) >= 11 is 0. The largest absolute Gasteiger partial charge is 0.381 e. The van der Waals surface area contributed by atoms with E-state index in [0.717, 1.165) is 37.5 Å². The molecule has 0 aromatic carbocycles. The smallest absolute Gasteiger partial charge is 0.0509 e. The van der Waals surface area contributed by atoms with Gasteiger partial charge < -0.3 is 10.1 Å². The molecule has 1 unspecified atom stereocenters. The minimum Gasteiger partial charge on any atom is -0.381 e. The highest BCUT2D eigenvalue weighted by Gasteiger charge is 2.26. The number of rotatable bonds is 8. The van der Waals surface area contributed by atoms with Gasteiger partial charge in [-0.2, -0.15) is 0 Å². The van der Waals surface area contributed by atoms with Crippen molar-refractivity contribution in [3.05, 3.63) is 0 Å². The Morgan fingerprint density at radius 3 is 2.41 bits per heavy atom. The van der Waals surface area contributed by atoms with Crippen LogP contribution in [0.15, 0.2) is 0 Å². The van der Waals surface area contributed by atoms with Gasteiger partial charge in [0.2, 0.25) is 0 Å². The monoisotopic (exact) mass is 239 g/mol. The van der Waals surface area contributed by atoms with Crippen molar-refractivity contribution in [3.63, 3.8) is 0 Å². The Morgan fingerprint density at radius 2 is 1.82 bits per heavy atom. The third-order valence-corrected chi connectivity index (χ3v) is 4.24. The standard InChI is InChI=1S/C15H29NO/c1-12(2)16-9-15(14-5-3-4-6-14)11-17-10-13-7-8-13/h12-16H,3-11H2,1-2H3. The van der Waals surface area contributed by atoms with Crippen molar-refractivity contribution < 1.29 is 4.74 Å². The summed E-state index contributed by atoms with van der Waals surface area (Å²) in [6, 6.07) is 0.599. The third-order valence-electron chi connectivity index (χ3n) is 4.24. The molecule has 0 heterocycles. The maximum atomic E-state index is 5.92. The van der Waals surface area contributed by atoms with Gasteiger partial charge in [-0.1, -0.05) is 39.5 Å². The maximum absolute atomic E-state index is 5.92. The second-order valence-corrected chi connectivity index (χ2v) is 6.35. The Hall–Kier alpha value is -0.0800. The quantitative estimate of drug-likeness (QED) is 0.702. The summed E-state index contributed by atoms with van der Waals surface area (Å²) in [5.41, 5.74) is 0. The zero-order chi connectivity index (χ0) is 12.1. The van der Waals surface area contributed by atoms with E-state index in [2.05, 4.69) is 19.2 Å². The van der Waals surface area contributed by atoms with E-state index in [-0.39, 0.29) is 0 Å². The predicted octanol–water partition coefficient (Wildman–Crippen LogP) is 3.22. The first-order chi connectivity index (χ1) is 8.25. The molecule has 17 heavy (non-hydrogen) atoms. The van der Waals surface area contributed by atoms with Gasteiger partial charge in [0, 0.05) is 19.2 Å². The Kier molecular flexibility index (Phi) is 5.30. The molecule has 0 amide bonds. The second kappa shape index (κ2) is 6.75. The molecule has 2 aliphatic carbocycles. The first-order valence-corrected chi connectivity index (χ1v) is 7.57. The van der Waals surface area contributed by atoms with Crippen molar-refractivity contribution in [2.45, 2.75) is 58.4 Å². The third kappa shape index (κ3) is 4.97. The topological polar surface area (TPSA) is 21.3 Å². The van der Waals surface area contributed by atoms with Gasteiger partial charge in [0.25, 0.3) is 0 Å². The number of nitrogens with one attached hydrogen (secondary N) is 1. The number of ether oxygens (including phenoxy) is 1. The highest BCUT2D eigenvalue weighted by Crippen LogP contribution is 2.33. The van der Waals surface area contributed by atoms with Crippen molar-refractivity contribution in [1.29, 1.82) is 0 Å². The van der Waals surface area contributed by atoms with Crippen LogP contribution in [0.25, 0.3) is 0 Å². The molecule has 0 aromatic heterocycles. The van der Waals surface area contributed by atoms with Crippen molar-refractivity contribution >= 4 is 0 Å². The van der Waals surface area contributed by atoms with Gasteiger partial charge in [-0.25, -0.2) is 0 Å². The molecule has 2 saturated carbocycles. The van der Waals surface area contributed by atoms with Crippen molar-refractivity contribution in [1.82, 2.24) is 5.32 Å². The molecule has 0 spiro atoms. The second-order valence-electron chi connectivity index (χ2n) is 6.35. The lowest BCUT2D eigenvalue weighted by Gasteiger charge is -2.25. The van der Waals surface area contributed by atoms with Crippen molar-refractivity contribution in [2.75, 3.05) is 19.8 Å². The lowest BCUT2D eigenvalue weighted by Crippen LogP contribution is -2.34. The molecule has 0 radical (unpaired) electrons. The first-order valence-electron chi connectivity index (χ1n) is 7.57. The van der Waals surface area contributed by atoms with Gasteiger partial charge in [0.1, 0.15) is 0 Å². The van der Waals surface area contributed by atoms with Crippen LogP contribution in [0.4, 0.5) is 0 Å². The maximum Gasteiger partial charge on any atom is 0.0509 e. The molecule has 100 valence electrons. The molecular weight excluding hydrogens is 210 g/mol. The van der Waals surface area contributed by atoms with Crippen LogP contribution in [0.3, 0.4) is 0 Å². The van der Waals surface area contributed by atoms with Crippen molar-refractivity contribution in [3.8, 4) is 0 Å². The first kappa shape index (κ1) is 13.4. The SMILES string of the molecule is CC(C)NCC(COCC1CC1)C1CCCC1. The molecule has 2 heteroatoms. The zero-order valence-electron chi connectivity index (χ0n) is 11.6. The molecular formula is C15H29NO. The predicted molar refractivity (Wildman–Crippen MR) is 72.1 cm³/mol. The van der Waals surface area contributed by atoms with E-state index in [0.29, 0.717) is 6.04 Å². The fourth-order valence-corrected chi connectivity index (χ4v) is 2.85. The average Bonchev–Trinajstić information content (AvgIpc) is 2.95. The average molecular weight is 239 g/mol. The zero-order valence-corrected chi connectivity index (χ0v) is 11.6. The summed E-state index contributed by atoms with van der Waals surface area (Å²) in [7, 11) is 0. The molecule has 1 N–H and O–H groups in total. The lowest BCUT2D eigenvalue weighted by molar-refractivity contribution is 0.0696. The van der Waals surface area contributed by atoms with Gasteiger partial charge in [-0.05, 0) is 30.6 Å². The Labute approximate surface area is 107 Å². The molecule has 2 nitrogen and oxygen atoms in total. The van der Waals surface area contributed by atoms with Gasteiger partial charge in [-0.15, -0.1) is 0 Å². The Bertz CT molecular complexity index is 207. The fraction of sp³-hybridized carbons (Fsp3) is 1.00. The summed E-state index contributed by atoms with van der Waals surface area (Å²) in [5.74, 6) is 2.57. The highest BCUT2D eigenvalue weighted by molar-refractivity contribution is 4.78. The molecule has 2 fully saturated rings. The summed E-state index contributed by atoms with van der Waals surface area (Å²) < 4.78 is 5.92. The minimum absolute atomic E-state index is 0.599. The Balaban J connectivity index is 1.69. The summed E-state index contributed by atoms with van der Waals surface area (Å²) in [6.07, 6.45) is 8.53. The van der Waals surface area contributed by atoms with Crippen LogP contribution in [-0.2, 0) is 4.74 Å². The van der Waals surface area contributed by atoms with Crippen LogP contribution in [0.1, 0.15) is 52.4 Å². The van der Waals surface area contributed by atoms with E-state index in [4.69, 9.17) is 4.74 Å². The Morgan fingerprint density at radius 1 is 1.12 bits per heavy atom. The summed E-state index contributed by atoms with van der Waals surface area (Å²) in [5, 5.41) is 3.60. The minimum atomic E-state index is 0.599. The van der Waals surface area contributed by atoms with Gasteiger partial charge in [-0.3, -0.25) is 0 Å². The molecule has 1 atom stereocenters. The van der Waals surface area contributed by atoms with Crippen LogP contribution < -0.4 is 5.32 Å². The molecule has 2 aliphatic rings. The van der Waals surface area contributed by atoms with E-state index < -0.39 is 0 Å². The fourth-order valence-electron chi connectivity index (χ4n) is 2.85.